The monoisotopic (exact) mass is 321 g/mol. The number of anilines is 1. The molecule has 2 unspecified atom stereocenters. The number of hydrogen-bond donors (Lipinski definition) is 2. The summed E-state index contributed by atoms with van der Waals surface area (Å²) in [6.45, 7) is 6.41. The normalized spacial score (nSPS) is 26.9. The summed E-state index contributed by atoms with van der Waals surface area (Å²) in [5.41, 5.74) is 0.390. The summed E-state index contributed by atoms with van der Waals surface area (Å²) in [7, 11) is 1.83. The van der Waals surface area contributed by atoms with Crippen LogP contribution in [-0.4, -0.2) is 43.2 Å². The number of pyridine rings is 1. The molecule has 120 valence electrons. The molecule has 22 heavy (non-hydrogen) atoms. The summed E-state index contributed by atoms with van der Waals surface area (Å²) in [6.07, 6.45) is 4.05. The van der Waals surface area contributed by atoms with Crippen LogP contribution in [0.25, 0.3) is 0 Å². The molecule has 2 N–H and O–H groups in total. The van der Waals surface area contributed by atoms with Crippen molar-refractivity contribution >= 4 is 23.4 Å². The van der Waals surface area contributed by atoms with Gasteiger partial charge in [0.1, 0.15) is 5.82 Å². The van der Waals surface area contributed by atoms with Crippen LogP contribution in [0.2, 0.25) is 5.02 Å². The van der Waals surface area contributed by atoms with Gasteiger partial charge in [-0.05, 0) is 30.4 Å². The Kier molecular flexibility index (Phi) is 4.17. The molecule has 0 amide bonds. The number of nitrogens with one attached hydrogen (secondary N) is 2. The van der Waals surface area contributed by atoms with E-state index in [1.807, 2.05) is 19.2 Å². The van der Waals surface area contributed by atoms with Crippen molar-refractivity contribution in [1.29, 1.82) is 0 Å². The van der Waals surface area contributed by atoms with E-state index in [1.54, 1.807) is 6.20 Å². The van der Waals surface area contributed by atoms with Gasteiger partial charge in [0.15, 0.2) is 5.96 Å². The highest BCUT2D eigenvalue weighted by Gasteiger charge is 2.46. The molecule has 6 heteroatoms. The molecular weight excluding hydrogens is 298 g/mol. The van der Waals surface area contributed by atoms with Gasteiger partial charge in [0.25, 0.3) is 0 Å². The van der Waals surface area contributed by atoms with Gasteiger partial charge in [0.05, 0.1) is 5.02 Å². The van der Waals surface area contributed by atoms with E-state index < -0.39 is 0 Å². The van der Waals surface area contributed by atoms with Gasteiger partial charge in [-0.25, -0.2) is 4.98 Å². The van der Waals surface area contributed by atoms with Gasteiger partial charge in [-0.2, -0.15) is 0 Å². The maximum absolute atomic E-state index is 6.23. The zero-order chi connectivity index (χ0) is 15.7. The van der Waals surface area contributed by atoms with Gasteiger partial charge < -0.3 is 15.5 Å². The first-order valence-corrected chi connectivity index (χ1v) is 8.23. The Balaban J connectivity index is 1.55. The SMILES string of the molecule is CN=C(NC1CCN(c2ncccc2Cl)C1)NC1CC1(C)C. The summed E-state index contributed by atoms with van der Waals surface area (Å²) >= 11 is 6.23. The minimum absolute atomic E-state index is 0.367. The lowest BCUT2D eigenvalue weighted by atomic mass is 10.2. The third kappa shape index (κ3) is 3.29. The van der Waals surface area contributed by atoms with E-state index in [9.17, 15) is 0 Å². The molecule has 1 saturated carbocycles. The van der Waals surface area contributed by atoms with E-state index in [0.717, 1.165) is 31.3 Å². The molecular formula is C16H24ClN5. The molecule has 0 bridgehead atoms. The van der Waals surface area contributed by atoms with E-state index in [1.165, 1.54) is 6.42 Å². The summed E-state index contributed by atoms with van der Waals surface area (Å²) < 4.78 is 0. The topological polar surface area (TPSA) is 52.6 Å². The third-order valence-electron chi connectivity index (χ3n) is 4.62. The van der Waals surface area contributed by atoms with E-state index in [0.29, 0.717) is 22.5 Å². The van der Waals surface area contributed by atoms with Crippen LogP contribution < -0.4 is 15.5 Å². The van der Waals surface area contributed by atoms with Crippen molar-refractivity contribution in [3.05, 3.63) is 23.4 Å². The Hall–Kier alpha value is -1.49. The van der Waals surface area contributed by atoms with E-state index in [4.69, 9.17) is 11.6 Å². The molecule has 2 fully saturated rings. The van der Waals surface area contributed by atoms with Crippen molar-refractivity contribution in [2.24, 2.45) is 10.4 Å². The third-order valence-corrected chi connectivity index (χ3v) is 4.91. The Morgan fingerprint density at radius 1 is 1.45 bits per heavy atom. The molecule has 1 aliphatic carbocycles. The molecule has 1 saturated heterocycles. The standard InChI is InChI=1S/C16H24ClN5/c1-16(2)9-13(16)21-15(18-3)20-11-6-8-22(10-11)14-12(17)5-4-7-19-14/h4-5,7,11,13H,6,8-10H2,1-3H3,(H2,18,20,21). The minimum atomic E-state index is 0.367. The first-order valence-electron chi connectivity index (χ1n) is 7.85. The molecule has 5 nitrogen and oxygen atoms in total. The summed E-state index contributed by atoms with van der Waals surface area (Å²) in [4.78, 5) is 11.0. The lowest BCUT2D eigenvalue weighted by Gasteiger charge is -2.20. The van der Waals surface area contributed by atoms with Crippen molar-refractivity contribution < 1.29 is 0 Å². The second-order valence-corrected chi connectivity index (χ2v) is 7.25. The van der Waals surface area contributed by atoms with E-state index in [2.05, 4.69) is 39.4 Å². The predicted octanol–water partition coefficient (Wildman–Crippen LogP) is 2.28. The van der Waals surface area contributed by atoms with E-state index >= 15 is 0 Å². The van der Waals surface area contributed by atoms with Gasteiger partial charge in [-0.1, -0.05) is 25.4 Å². The first kappa shape index (κ1) is 15.4. The number of hydrogen-bond acceptors (Lipinski definition) is 3. The Labute approximate surface area is 137 Å². The second kappa shape index (κ2) is 5.95. The van der Waals surface area contributed by atoms with Crippen molar-refractivity contribution in [2.45, 2.75) is 38.8 Å². The highest BCUT2D eigenvalue weighted by molar-refractivity contribution is 6.32. The zero-order valence-electron chi connectivity index (χ0n) is 13.4. The van der Waals surface area contributed by atoms with Crippen molar-refractivity contribution in [2.75, 3.05) is 25.0 Å². The summed E-state index contributed by atoms with van der Waals surface area (Å²) in [5, 5.41) is 7.74. The van der Waals surface area contributed by atoms with Gasteiger partial charge in [0.2, 0.25) is 0 Å². The van der Waals surface area contributed by atoms with Crippen LogP contribution >= 0.6 is 11.6 Å². The molecule has 3 rings (SSSR count). The quantitative estimate of drug-likeness (QED) is 0.662. The summed E-state index contributed by atoms with van der Waals surface area (Å²) in [5.74, 6) is 1.77. The zero-order valence-corrected chi connectivity index (χ0v) is 14.2. The summed E-state index contributed by atoms with van der Waals surface area (Å²) in [6, 6.07) is 4.65. The average Bonchev–Trinajstić information content (AvgIpc) is 2.87. The number of aliphatic imine (C=N–C) groups is 1. The Morgan fingerprint density at radius 2 is 2.23 bits per heavy atom. The van der Waals surface area contributed by atoms with Crippen molar-refractivity contribution in [3.8, 4) is 0 Å². The number of halogens is 1. The Bertz CT molecular complexity index is 571. The fourth-order valence-corrected chi connectivity index (χ4v) is 3.16. The lowest BCUT2D eigenvalue weighted by Crippen LogP contribution is -2.46. The Morgan fingerprint density at radius 3 is 2.86 bits per heavy atom. The molecule has 0 spiro atoms. The molecule has 1 aromatic rings. The smallest absolute Gasteiger partial charge is 0.191 e. The van der Waals surface area contributed by atoms with Crippen molar-refractivity contribution in [3.63, 3.8) is 0 Å². The minimum Gasteiger partial charge on any atom is -0.353 e. The van der Waals surface area contributed by atoms with Gasteiger partial charge >= 0.3 is 0 Å². The maximum Gasteiger partial charge on any atom is 0.191 e. The lowest BCUT2D eigenvalue weighted by molar-refractivity contribution is 0.579. The number of nitrogens with zero attached hydrogens (tertiary/aromatic N) is 3. The maximum atomic E-state index is 6.23. The average molecular weight is 322 g/mol. The fourth-order valence-electron chi connectivity index (χ4n) is 2.92. The van der Waals surface area contributed by atoms with Crippen LogP contribution in [0, 0.1) is 5.41 Å². The van der Waals surface area contributed by atoms with Crippen LogP contribution in [0.4, 0.5) is 5.82 Å². The van der Waals surface area contributed by atoms with Gasteiger partial charge in [-0.3, -0.25) is 4.99 Å². The van der Waals surface area contributed by atoms with Crippen LogP contribution in [0.3, 0.4) is 0 Å². The fraction of sp³-hybridized carbons (Fsp3) is 0.625. The van der Waals surface area contributed by atoms with Gasteiger partial charge in [-0.15, -0.1) is 0 Å². The molecule has 2 atom stereocenters. The first-order chi connectivity index (χ1) is 10.5. The van der Waals surface area contributed by atoms with Crippen LogP contribution in [-0.2, 0) is 0 Å². The van der Waals surface area contributed by atoms with Crippen LogP contribution in [0.5, 0.6) is 0 Å². The van der Waals surface area contributed by atoms with Crippen LogP contribution in [0.1, 0.15) is 26.7 Å². The highest BCUT2D eigenvalue weighted by atomic mass is 35.5. The van der Waals surface area contributed by atoms with Gasteiger partial charge in [0, 0.05) is 38.4 Å². The highest BCUT2D eigenvalue weighted by Crippen LogP contribution is 2.44. The molecule has 2 aliphatic rings. The number of aromatic nitrogens is 1. The molecule has 2 heterocycles. The number of guanidine groups is 1. The largest absolute Gasteiger partial charge is 0.353 e. The molecule has 1 aromatic heterocycles. The second-order valence-electron chi connectivity index (χ2n) is 6.85. The van der Waals surface area contributed by atoms with Crippen LogP contribution in [0.15, 0.2) is 23.3 Å². The molecule has 0 aromatic carbocycles. The molecule has 1 aliphatic heterocycles. The molecule has 0 radical (unpaired) electrons. The van der Waals surface area contributed by atoms with Crippen molar-refractivity contribution in [1.82, 2.24) is 15.6 Å². The predicted molar refractivity (Wildman–Crippen MR) is 91.7 cm³/mol. The van der Waals surface area contributed by atoms with E-state index in [-0.39, 0.29) is 0 Å². The number of rotatable bonds is 3.